The number of ether oxygens (including phenoxy) is 1. The molecule has 0 bridgehead atoms. The molecule has 0 saturated heterocycles. The monoisotopic (exact) mass is 156 g/mol. The smallest absolute Gasteiger partial charge is 0.161 e. The summed E-state index contributed by atoms with van der Waals surface area (Å²) in [5, 5.41) is 0. The van der Waals surface area contributed by atoms with Gasteiger partial charge in [0.25, 0.3) is 0 Å². The van der Waals surface area contributed by atoms with Crippen LogP contribution in [0, 0.1) is 0 Å². The van der Waals surface area contributed by atoms with Crippen LogP contribution >= 0.6 is 0 Å². The van der Waals surface area contributed by atoms with Crippen molar-refractivity contribution in [3.05, 3.63) is 11.3 Å². The van der Waals surface area contributed by atoms with Crippen molar-refractivity contribution in [3.63, 3.8) is 0 Å². The Balaban J connectivity index is 4.22. The number of ketones is 1. The Morgan fingerprint density at radius 1 is 1.36 bits per heavy atom. The molecule has 0 fully saturated rings. The molecule has 0 aromatic heterocycles. The largest absolute Gasteiger partial charge is 0.501 e. The van der Waals surface area contributed by atoms with E-state index in [4.69, 9.17) is 4.74 Å². The highest BCUT2D eigenvalue weighted by atomic mass is 16.5. The van der Waals surface area contributed by atoms with E-state index in [0.717, 1.165) is 17.8 Å². The highest BCUT2D eigenvalue weighted by Gasteiger charge is 2.06. The topological polar surface area (TPSA) is 26.3 Å². The molecule has 0 aromatic rings. The highest BCUT2D eigenvalue weighted by molar-refractivity contribution is 5.95. The molecule has 64 valence electrons. The first-order valence-electron chi connectivity index (χ1n) is 3.88. The van der Waals surface area contributed by atoms with E-state index in [9.17, 15) is 4.79 Å². The van der Waals surface area contributed by atoms with Gasteiger partial charge >= 0.3 is 0 Å². The minimum atomic E-state index is 0.187. The predicted molar refractivity (Wildman–Crippen MR) is 45.3 cm³/mol. The fourth-order valence-corrected chi connectivity index (χ4v) is 0.764. The summed E-state index contributed by atoms with van der Waals surface area (Å²) in [4.78, 5) is 11.2. The SMILES string of the molecule is CCCC(=O)/C(C)=C(\C)OC. The Bertz CT molecular complexity index is 168. The van der Waals surface area contributed by atoms with Gasteiger partial charge < -0.3 is 4.74 Å². The summed E-state index contributed by atoms with van der Waals surface area (Å²) >= 11 is 0. The second-order valence-electron chi connectivity index (χ2n) is 2.56. The predicted octanol–water partition coefficient (Wildman–Crippen LogP) is 2.30. The van der Waals surface area contributed by atoms with Crippen molar-refractivity contribution in [2.75, 3.05) is 7.11 Å². The number of carbonyl (C=O) groups excluding carboxylic acids is 1. The lowest BCUT2D eigenvalue weighted by atomic mass is 10.1. The maximum atomic E-state index is 11.2. The number of allylic oxidation sites excluding steroid dienone is 2. The zero-order chi connectivity index (χ0) is 8.85. The Hall–Kier alpha value is -0.790. The van der Waals surface area contributed by atoms with E-state index in [1.54, 1.807) is 14.0 Å². The van der Waals surface area contributed by atoms with E-state index < -0.39 is 0 Å². The van der Waals surface area contributed by atoms with Crippen molar-refractivity contribution in [1.29, 1.82) is 0 Å². The zero-order valence-corrected chi connectivity index (χ0v) is 7.73. The molecule has 0 radical (unpaired) electrons. The molecular formula is C9H16O2. The van der Waals surface area contributed by atoms with E-state index >= 15 is 0 Å². The molecule has 0 aliphatic heterocycles. The summed E-state index contributed by atoms with van der Waals surface area (Å²) in [6.45, 7) is 5.60. The van der Waals surface area contributed by atoms with Gasteiger partial charge in [-0.05, 0) is 20.3 Å². The summed E-state index contributed by atoms with van der Waals surface area (Å²) < 4.78 is 4.94. The summed E-state index contributed by atoms with van der Waals surface area (Å²) in [7, 11) is 1.58. The van der Waals surface area contributed by atoms with Gasteiger partial charge in [0.15, 0.2) is 5.78 Å². The lowest BCUT2D eigenvalue weighted by Crippen LogP contribution is -2.01. The Labute approximate surface area is 68.2 Å². The van der Waals surface area contributed by atoms with Gasteiger partial charge in [-0.15, -0.1) is 0 Å². The van der Waals surface area contributed by atoms with Crippen molar-refractivity contribution >= 4 is 5.78 Å². The van der Waals surface area contributed by atoms with Gasteiger partial charge in [0, 0.05) is 12.0 Å². The van der Waals surface area contributed by atoms with Crippen LogP contribution in [0.5, 0.6) is 0 Å². The standard InChI is InChI=1S/C9H16O2/c1-5-6-9(10)7(2)8(3)11-4/h5-6H2,1-4H3/b8-7+. The quantitative estimate of drug-likeness (QED) is 0.461. The molecule has 0 amide bonds. The summed E-state index contributed by atoms with van der Waals surface area (Å²) in [5.41, 5.74) is 0.745. The lowest BCUT2D eigenvalue weighted by Gasteiger charge is -2.03. The fourth-order valence-electron chi connectivity index (χ4n) is 0.764. The van der Waals surface area contributed by atoms with E-state index in [1.165, 1.54) is 0 Å². The molecule has 2 heteroatoms. The van der Waals surface area contributed by atoms with Gasteiger partial charge in [0.2, 0.25) is 0 Å². The van der Waals surface area contributed by atoms with E-state index in [2.05, 4.69) is 0 Å². The number of Topliss-reactive ketones (excluding diaryl/α,β-unsaturated/α-hetero) is 1. The molecule has 0 rings (SSSR count). The Morgan fingerprint density at radius 2 is 1.91 bits per heavy atom. The number of rotatable bonds is 4. The molecule has 0 aliphatic carbocycles. The molecular weight excluding hydrogens is 140 g/mol. The van der Waals surface area contributed by atoms with E-state index in [1.807, 2.05) is 13.8 Å². The van der Waals surface area contributed by atoms with Crippen molar-refractivity contribution in [2.24, 2.45) is 0 Å². The van der Waals surface area contributed by atoms with Crippen molar-refractivity contribution in [2.45, 2.75) is 33.6 Å². The molecule has 0 aromatic carbocycles. The van der Waals surface area contributed by atoms with Crippen LogP contribution in [-0.2, 0) is 9.53 Å². The third kappa shape index (κ3) is 3.21. The van der Waals surface area contributed by atoms with Gasteiger partial charge in [-0.1, -0.05) is 6.92 Å². The normalized spacial score (nSPS) is 12.4. The molecule has 0 unspecified atom stereocenters. The molecule has 11 heavy (non-hydrogen) atoms. The first-order chi connectivity index (χ1) is 5.13. The van der Waals surface area contributed by atoms with Gasteiger partial charge in [0.1, 0.15) is 0 Å². The minimum Gasteiger partial charge on any atom is -0.501 e. The number of methoxy groups -OCH3 is 1. The molecule has 0 spiro atoms. The number of carbonyl (C=O) groups is 1. The highest BCUT2D eigenvalue weighted by Crippen LogP contribution is 2.07. The summed E-state index contributed by atoms with van der Waals surface area (Å²) in [5.74, 6) is 0.912. The second-order valence-corrected chi connectivity index (χ2v) is 2.56. The van der Waals surface area contributed by atoms with Crippen LogP contribution in [0.2, 0.25) is 0 Å². The van der Waals surface area contributed by atoms with E-state index in [-0.39, 0.29) is 5.78 Å². The lowest BCUT2D eigenvalue weighted by molar-refractivity contribution is -0.115. The molecule has 0 heterocycles. The Morgan fingerprint density at radius 3 is 2.27 bits per heavy atom. The Kier molecular flexibility index (Phi) is 4.59. The fraction of sp³-hybridized carbons (Fsp3) is 0.667. The van der Waals surface area contributed by atoms with Crippen LogP contribution < -0.4 is 0 Å². The molecule has 0 N–H and O–H groups in total. The zero-order valence-electron chi connectivity index (χ0n) is 7.73. The first-order valence-corrected chi connectivity index (χ1v) is 3.88. The second kappa shape index (κ2) is 4.94. The molecule has 0 aliphatic rings. The minimum absolute atomic E-state index is 0.187. The average molecular weight is 156 g/mol. The van der Waals surface area contributed by atoms with Crippen LogP contribution in [0.25, 0.3) is 0 Å². The van der Waals surface area contributed by atoms with Gasteiger partial charge in [-0.25, -0.2) is 0 Å². The van der Waals surface area contributed by atoms with Crippen LogP contribution in [0.1, 0.15) is 33.6 Å². The van der Waals surface area contributed by atoms with Crippen LogP contribution in [0.15, 0.2) is 11.3 Å². The number of hydrogen-bond donors (Lipinski definition) is 0. The third-order valence-electron chi connectivity index (χ3n) is 1.73. The van der Waals surface area contributed by atoms with Crippen LogP contribution in [0.4, 0.5) is 0 Å². The van der Waals surface area contributed by atoms with Gasteiger partial charge in [0.05, 0.1) is 12.9 Å². The summed E-state index contributed by atoms with van der Waals surface area (Å²) in [6.07, 6.45) is 1.51. The van der Waals surface area contributed by atoms with Gasteiger partial charge in [-0.2, -0.15) is 0 Å². The van der Waals surface area contributed by atoms with Gasteiger partial charge in [-0.3, -0.25) is 4.79 Å². The van der Waals surface area contributed by atoms with E-state index in [0.29, 0.717) is 6.42 Å². The average Bonchev–Trinajstić information content (AvgIpc) is 2.02. The molecule has 0 atom stereocenters. The third-order valence-corrected chi connectivity index (χ3v) is 1.73. The van der Waals surface area contributed by atoms with Crippen molar-refractivity contribution in [3.8, 4) is 0 Å². The first kappa shape index (κ1) is 10.2. The maximum absolute atomic E-state index is 11.2. The summed E-state index contributed by atoms with van der Waals surface area (Å²) in [6, 6.07) is 0. The molecule has 2 nitrogen and oxygen atoms in total. The van der Waals surface area contributed by atoms with Crippen LogP contribution in [0.3, 0.4) is 0 Å². The van der Waals surface area contributed by atoms with Crippen molar-refractivity contribution in [1.82, 2.24) is 0 Å². The maximum Gasteiger partial charge on any atom is 0.161 e. The number of hydrogen-bond acceptors (Lipinski definition) is 2. The van der Waals surface area contributed by atoms with Crippen molar-refractivity contribution < 1.29 is 9.53 Å². The molecule has 0 saturated carbocycles. The van der Waals surface area contributed by atoms with Crippen LogP contribution in [-0.4, -0.2) is 12.9 Å².